The maximum atomic E-state index is 2.25. The third kappa shape index (κ3) is 6.24. The summed E-state index contributed by atoms with van der Waals surface area (Å²) in [6, 6.07) is 0. The van der Waals surface area contributed by atoms with E-state index in [1.807, 2.05) is 0 Å². The normalized spacial score (nSPS) is 27.4. The summed E-state index contributed by atoms with van der Waals surface area (Å²) in [5, 5.41) is 0. The lowest BCUT2D eigenvalue weighted by molar-refractivity contribution is 1.04. The summed E-state index contributed by atoms with van der Waals surface area (Å²) in [5.74, 6) is 0. The highest BCUT2D eigenvalue weighted by molar-refractivity contribution is 5.12. The quantitative estimate of drug-likeness (QED) is 0.494. The zero-order chi connectivity index (χ0) is 9.90. The summed E-state index contributed by atoms with van der Waals surface area (Å²) in [4.78, 5) is 0. The second-order valence-corrected chi connectivity index (χ2v) is 3.23. The molecule has 0 spiro atoms. The molecule has 0 amide bonds. The summed E-state index contributed by atoms with van der Waals surface area (Å²) in [6.45, 7) is 0. The fourth-order valence-corrected chi connectivity index (χ4v) is 1.22. The molecule has 0 N–H and O–H groups in total. The zero-order valence-corrected chi connectivity index (χ0v) is 8.60. The smallest absolute Gasteiger partial charge is 0.0166 e. The Morgan fingerprint density at radius 1 is 0.429 bits per heavy atom. The molecule has 0 aliphatic heterocycles. The van der Waals surface area contributed by atoms with Crippen molar-refractivity contribution in [2.45, 2.75) is 25.7 Å². The molecule has 0 saturated carbocycles. The molecule has 0 atom stereocenters. The van der Waals surface area contributed by atoms with Gasteiger partial charge in [0.05, 0.1) is 0 Å². The van der Waals surface area contributed by atoms with Crippen molar-refractivity contribution in [3.63, 3.8) is 0 Å². The molecule has 0 aromatic carbocycles. The second kappa shape index (κ2) is 8.31. The van der Waals surface area contributed by atoms with Gasteiger partial charge in [-0.25, -0.2) is 0 Å². The topological polar surface area (TPSA) is 0 Å². The van der Waals surface area contributed by atoms with Gasteiger partial charge in [-0.3, -0.25) is 0 Å². The lowest BCUT2D eigenvalue weighted by Crippen LogP contribution is -1.66. The van der Waals surface area contributed by atoms with Crippen LogP contribution in [0.25, 0.3) is 0 Å². The van der Waals surface area contributed by atoms with Crippen molar-refractivity contribution >= 4 is 0 Å². The number of hydrogen-bond donors (Lipinski definition) is 0. The first-order valence-electron chi connectivity index (χ1n) is 5.28. The van der Waals surface area contributed by atoms with Gasteiger partial charge in [0.2, 0.25) is 0 Å². The Morgan fingerprint density at radius 3 is 1.86 bits per heavy atom. The predicted octanol–water partition coefficient (Wildman–Crippen LogP) is 4.34. The van der Waals surface area contributed by atoms with Crippen LogP contribution in [0.5, 0.6) is 0 Å². The largest absolute Gasteiger partial charge is 0.0879 e. The minimum absolute atomic E-state index is 1.03. The van der Waals surface area contributed by atoms with Gasteiger partial charge in [0.1, 0.15) is 0 Å². The molecule has 0 nitrogen and oxygen atoms in total. The Hall–Kier alpha value is -1.30. The van der Waals surface area contributed by atoms with Crippen molar-refractivity contribution in [2.75, 3.05) is 0 Å². The van der Waals surface area contributed by atoms with Gasteiger partial charge < -0.3 is 0 Å². The maximum Gasteiger partial charge on any atom is -0.0166 e. The Bertz CT molecular complexity index is 262. The fourth-order valence-electron chi connectivity index (χ4n) is 1.22. The molecule has 1 aliphatic rings. The van der Waals surface area contributed by atoms with E-state index >= 15 is 0 Å². The van der Waals surface area contributed by atoms with Crippen LogP contribution in [0, 0.1) is 0 Å². The highest BCUT2D eigenvalue weighted by atomic mass is 13.8. The monoisotopic (exact) mass is 186 g/mol. The van der Waals surface area contributed by atoms with E-state index in [-0.39, 0.29) is 0 Å². The number of allylic oxidation sites excluding steroid dienone is 10. The molecule has 1 aliphatic carbocycles. The fraction of sp³-hybridized carbons (Fsp3) is 0.286. The van der Waals surface area contributed by atoms with Crippen molar-refractivity contribution in [3.05, 3.63) is 60.8 Å². The first-order valence-corrected chi connectivity index (χ1v) is 5.28. The molecule has 0 heterocycles. The standard InChI is InChI=1S/C14H18/c1-2-4-6-8-10-12-14-13-11-9-7-5-3-1/h1-6,9,11-12,14H,7-8,10,13H2/b2-1-,5-3+,6-4+,11-9?,14-12+. The van der Waals surface area contributed by atoms with E-state index in [2.05, 4.69) is 60.8 Å². The summed E-state index contributed by atoms with van der Waals surface area (Å²) in [6.07, 6.45) is 26.0. The van der Waals surface area contributed by atoms with Crippen molar-refractivity contribution in [1.29, 1.82) is 0 Å². The molecule has 0 aromatic rings. The minimum atomic E-state index is 1.03. The molecule has 74 valence electrons. The molecule has 0 radical (unpaired) electrons. The van der Waals surface area contributed by atoms with Crippen molar-refractivity contribution < 1.29 is 0 Å². The third-order valence-electron chi connectivity index (χ3n) is 1.98. The Balaban J connectivity index is 2.45. The molecule has 14 heavy (non-hydrogen) atoms. The third-order valence-corrected chi connectivity index (χ3v) is 1.98. The summed E-state index contributed by atoms with van der Waals surface area (Å²) in [7, 11) is 0. The maximum absolute atomic E-state index is 2.25. The second-order valence-electron chi connectivity index (χ2n) is 3.23. The SMILES string of the molecule is C1=CC/C=C/CC/C=C/C=C\C=C\C1. The molecule has 0 fully saturated rings. The predicted molar refractivity (Wildman–Crippen MR) is 64.2 cm³/mol. The van der Waals surface area contributed by atoms with E-state index < -0.39 is 0 Å². The van der Waals surface area contributed by atoms with E-state index in [0.717, 1.165) is 25.7 Å². The van der Waals surface area contributed by atoms with Crippen LogP contribution in [0.2, 0.25) is 0 Å². The molecule has 1 rings (SSSR count). The van der Waals surface area contributed by atoms with Gasteiger partial charge in [-0.05, 0) is 25.7 Å². The first-order chi connectivity index (χ1) is 7.00. The zero-order valence-electron chi connectivity index (χ0n) is 8.60. The summed E-state index contributed by atoms with van der Waals surface area (Å²) in [5.41, 5.74) is 0. The van der Waals surface area contributed by atoms with Gasteiger partial charge in [-0.1, -0.05) is 60.8 Å². The van der Waals surface area contributed by atoms with E-state index in [1.165, 1.54) is 0 Å². The minimum Gasteiger partial charge on any atom is -0.0879 e. The van der Waals surface area contributed by atoms with Gasteiger partial charge in [0.15, 0.2) is 0 Å². The Kier molecular flexibility index (Phi) is 6.39. The molecular weight excluding hydrogens is 168 g/mol. The van der Waals surface area contributed by atoms with Crippen LogP contribution in [-0.2, 0) is 0 Å². The molecule has 0 saturated heterocycles. The van der Waals surface area contributed by atoms with Gasteiger partial charge in [-0.15, -0.1) is 0 Å². The average Bonchev–Trinajstić information content (AvgIpc) is 2.22. The van der Waals surface area contributed by atoms with Crippen LogP contribution >= 0.6 is 0 Å². The van der Waals surface area contributed by atoms with Gasteiger partial charge in [0.25, 0.3) is 0 Å². The van der Waals surface area contributed by atoms with Crippen LogP contribution in [0.4, 0.5) is 0 Å². The van der Waals surface area contributed by atoms with E-state index in [4.69, 9.17) is 0 Å². The Labute approximate surface area is 87.0 Å². The van der Waals surface area contributed by atoms with Crippen molar-refractivity contribution in [2.24, 2.45) is 0 Å². The van der Waals surface area contributed by atoms with E-state index in [1.54, 1.807) is 0 Å². The average molecular weight is 186 g/mol. The molecule has 0 bridgehead atoms. The summed E-state index contributed by atoms with van der Waals surface area (Å²) >= 11 is 0. The van der Waals surface area contributed by atoms with Crippen LogP contribution in [0.1, 0.15) is 25.7 Å². The van der Waals surface area contributed by atoms with Crippen LogP contribution in [0.3, 0.4) is 0 Å². The van der Waals surface area contributed by atoms with Crippen LogP contribution < -0.4 is 0 Å². The van der Waals surface area contributed by atoms with Crippen LogP contribution in [-0.4, -0.2) is 0 Å². The lowest BCUT2D eigenvalue weighted by Gasteiger charge is -1.87. The number of rotatable bonds is 0. The number of hydrogen-bond acceptors (Lipinski definition) is 0. The van der Waals surface area contributed by atoms with Gasteiger partial charge in [0, 0.05) is 0 Å². The molecule has 0 aromatic heterocycles. The highest BCUT2D eigenvalue weighted by Crippen LogP contribution is 1.97. The lowest BCUT2D eigenvalue weighted by atomic mass is 10.2. The van der Waals surface area contributed by atoms with Crippen molar-refractivity contribution in [1.82, 2.24) is 0 Å². The molecule has 0 heteroatoms. The molecule has 0 unspecified atom stereocenters. The van der Waals surface area contributed by atoms with E-state index in [0.29, 0.717) is 0 Å². The van der Waals surface area contributed by atoms with E-state index in [9.17, 15) is 0 Å². The highest BCUT2D eigenvalue weighted by Gasteiger charge is 1.77. The van der Waals surface area contributed by atoms with Gasteiger partial charge in [-0.2, -0.15) is 0 Å². The summed E-state index contributed by atoms with van der Waals surface area (Å²) < 4.78 is 0. The Morgan fingerprint density at radius 2 is 1.00 bits per heavy atom. The van der Waals surface area contributed by atoms with Crippen LogP contribution in [0.15, 0.2) is 60.8 Å². The first kappa shape index (κ1) is 10.8. The van der Waals surface area contributed by atoms with Gasteiger partial charge >= 0.3 is 0 Å². The van der Waals surface area contributed by atoms with Crippen molar-refractivity contribution in [3.8, 4) is 0 Å². The molecular formula is C14H18.